The van der Waals surface area contributed by atoms with Crippen molar-refractivity contribution in [3.8, 4) is 11.3 Å². The monoisotopic (exact) mass is 798 g/mol. The first kappa shape index (κ1) is 37.6. The molecule has 5 rings (SSSR count). The van der Waals surface area contributed by atoms with Gasteiger partial charge in [0.1, 0.15) is 0 Å². The van der Waals surface area contributed by atoms with Crippen molar-refractivity contribution >= 4 is 27.5 Å². The van der Waals surface area contributed by atoms with Crippen molar-refractivity contribution in [1.82, 2.24) is 9.97 Å². The van der Waals surface area contributed by atoms with Crippen LogP contribution in [0.5, 0.6) is 0 Å². The fourth-order valence-electron chi connectivity index (χ4n) is 7.03. The van der Waals surface area contributed by atoms with Gasteiger partial charge in [-0.2, -0.15) is 0 Å². The Morgan fingerprint density at radius 1 is 0.978 bits per heavy atom. The summed E-state index contributed by atoms with van der Waals surface area (Å²) in [5, 5.41) is 13.6. The molecule has 5 heteroatoms. The van der Waals surface area contributed by atoms with Crippen LogP contribution in [0.2, 0.25) is 0 Å². The molecule has 249 valence electrons. The molecule has 0 unspecified atom stereocenters. The van der Waals surface area contributed by atoms with E-state index in [2.05, 4.69) is 84.9 Å². The minimum Gasteiger partial charge on any atom is -0.512 e. The number of allylic oxidation sites excluding steroid dienone is 2. The molecule has 0 saturated carbocycles. The number of pyridine rings is 2. The Kier molecular flexibility index (Phi) is 12.2. The molecular weight excluding hydrogens is 745 g/mol. The first-order valence-corrected chi connectivity index (χ1v) is 16.9. The van der Waals surface area contributed by atoms with Gasteiger partial charge in [-0.05, 0) is 85.6 Å². The van der Waals surface area contributed by atoms with Crippen LogP contribution in [0.1, 0.15) is 116 Å². The van der Waals surface area contributed by atoms with Crippen molar-refractivity contribution in [2.24, 2.45) is 17.3 Å². The predicted octanol–water partition coefficient (Wildman–Crippen LogP) is 11.0. The zero-order valence-corrected chi connectivity index (χ0v) is 32.2. The van der Waals surface area contributed by atoms with Gasteiger partial charge in [-0.3, -0.25) is 9.78 Å². The van der Waals surface area contributed by atoms with Crippen molar-refractivity contribution in [3.63, 3.8) is 0 Å². The summed E-state index contributed by atoms with van der Waals surface area (Å²) in [6, 6.07) is 14.7. The van der Waals surface area contributed by atoms with Gasteiger partial charge in [-0.1, -0.05) is 96.3 Å². The molecule has 0 saturated heterocycles. The number of aromatic nitrogens is 2. The van der Waals surface area contributed by atoms with Crippen LogP contribution in [0.4, 0.5) is 0 Å². The molecule has 0 fully saturated rings. The van der Waals surface area contributed by atoms with E-state index in [0.717, 1.165) is 54.6 Å². The summed E-state index contributed by atoms with van der Waals surface area (Å²) in [5.74, 6) is 0.547. The summed E-state index contributed by atoms with van der Waals surface area (Å²) >= 11 is 0. The van der Waals surface area contributed by atoms with E-state index < -0.39 is 0 Å². The van der Waals surface area contributed by atoms with Crippen LogP contribution in [-0.4, -0.2) is 20.9 Å². The quantitative estimate of drug-likeness (QED) is 0.110. The second-order valence-electron chi connectivity index (χ2n) is 14.7. The van der Waals surface area contributed by atoms with E-state index in [-0.39, 0.29) is 54.3 Å². The average molecular weight is 798 g/mol. The summed E-state index contributed by atoms with van der Waals surface area (Å²) in [7, 11) is 0. The maximum Gasteiger partial charge on any atom is 0.162 e. The first-order chi connectivity index (χ1) is 21.2. The number of hydrogen-bond acceptors (Lipinski definition) is 4. The molecule has 2 aromatic heterocycles. The summed E-state index contributed by atoms with van der Waals surface area (Å²) in [6.07, 6.45) is 7.76. The molecule has 1 aliphatic carbocycles. The molecule has 0 bridgehead atoms. The van der Waals surface area contributed by atoms with Gasteiger partial charge < -0.3 is 10.1 Å². The predicted molar refractivity (Wildman–Crippen MR) is 190 cm³/mol. The van der Waals surface area contributed by atoms with Crippen LogP contribution in [0.3, 0.4) is 0 Å². The van der Waals surface area contributed by atoms with Gasteiger partial charge >= 0.3 is 0 Å². The van der Waals surface area contributed by atoms with Crippen LogP contribution < -0.4 is 0 Å². The molecule has 0 spiro atoms. The molecule has 0 aliphatic heterocycles. The third-order valence-corrected chi connectivity index (χ3v) is 9.51. The number of rotatable bonds is 8. The molecule has 2 heterocycles. The van der Waals surface area contributed by atoms with Crippen molar-refractivity contribution in [1.29, 1.82) is 0 Å². The van der Waals surface area contributed by atoms with E-state index >= 15 is 0 Å². The number of aryl methyl sites for hydroxylation is 2. The summed E-state index contributed by atoms with van der Waals surface area (Å²) in [5.41, 5.74) is 9.66. The minimum absolute atomic E-state index is 0. The number of ketones is 1. The Bertz CT molecular complexity index is 1740. The Labute approximate surface area is 290 Å². The number of nitrogens with zero attached hydrogens (tertiary/aromatic N) is 2. The number of aliphatic hydroxyl groups is 1. The van der Waals surface area contributed by atoms with Gasteiger partial charge in [0, 0.05) is 49.9 Å². The number of hydrogen-bond donors (Lipinski definition) is 1. The van der Waals surface area contributed by atoms with Crippen molar-refractivity contribution in [2.75, 3.05) is 0 Å². The van der Waals surface area contributed by atoms with Gasteiger partial charge in [-0.15, -0.1) is 23.3 Å². The van der Waals surface area contributed by atoms with E-state index in [4.69, 9.17) is 9.97 Å². The van der Waals surface area contributed by atoms with Gasteiger partial charge in [-0.25, -0.2) is 0 Å². The smallest absolute Gasteiger partial charge is 0.162 e. The van der Waals surface area contributed by atoms with Gasteiger partial charge in [0.15, 0.2) is 5.78 Å². The number of carbonyl (C=O) groups excluding carboxylic acids is 1. The van der Waals surface area contributed by atoms with E-state index in [0.29, 0.717) is 0 Å². The SMILES string of the molecule is CCC(CC)C(=O)/C=C(\O)C(CC)CC.Cc1cc(C)c2c[c-]c3c(c2c1)C(C)(C)c1cc(CC(C)(C)C)nc2ccnc-3c12.[Ir]. The molecule has 0 amide bonds. The van der Waals surface area contributed by atoms with E-state index in [1.807, 2.05) is 33.9 Å². The van der Waals surface area contributed by atoms with Crippen LogP contribution in [0, 0.1) is 37.2 Å². The van der Waals surface area contributed by atoms with Gasteiger partial charge in [0.2, 0.25) is 0 Å². The standard InChI is InChI=1S/C28H29N2.C13H24O2.Ir/c1-16-12-17(2)19-8-9-20-25(21(19)13-16)28(6,7)22-14-18(15-27(3,4)5)30-23-10-11-29-26(20)24(22)23;1-5-10(6-2)12(14)9-13(15)11(7-3)8-4;/h8,10-14H,15H2,1-7H3;9-11,14H,5-8H2,1-4H3;/q-1;;/b;12-9-;. The normalized spacial score (nSPS) is 13.8. The van der Waals surface area contributed by atoms with Crippen molar-refractivity contribution < 1.29 is 30.0 Å². The zero-order chi connectivity index (χ0) is 33.3. The fraction of sp³-hybridized carbons (Fsp3) is 0.488. The Morgan fingerprint density at radius 2 is 1.61 bits per heavy atom. The molecule has 1 N–H and O–H groups in total. The third-order valence-electron chi connectivity index (χ3n) is 9.51. The molecule has 1 radical (unpaired) electrons. The number of carbonyl (C=O) groups is 1. The summed E-state index contributed by atoms with van der Waals surface area (Å²) in [4.78, 5) is 21.6. The largest absolute Gasteiger partial charge is 0.512 e. The molecule has 4 nitrogen and oxygen atoms in total. The molecule has 46 heavy (non-hydrogen) atoms. The maximum absolute atomic E-state index is 11.7. The molecule has 4 aromatic rings. The fourth-order valence-corrected chi connectivity index (χ4v) is 7.03. The number of fused-ring (bicyclic) bond motifs is 4. The Morgan fingerprint density at radius 3 is 2.20 bits per heavy atom. The molecule has 2 aromatic carbocycles. The van der Waals surface area contributed by atoms with Crippen LogP contribution in [-0.2, 0) is 36.7 Å². The molecule has 1 aliphatic rings. The summed E-state index contributed by atoms with van der Waals surface area (Å²) < 4.78 is 0. The van der Waals surface area contributed by atoms with Crippen molar-refractivity contribution in [2.45, 2.75) is 114 Å². The van der Waals surface area contributed by atoms with Crippen LogP contribution in [0.15, 0.2) is 48.4 Å². The van der Waals surface area contributed by atoms with Crippen molar-refractivity contribution in [3.05, 3.63) is 82.4 Å². The van der Waals surface area contributed by atoms with Gasteiger partial charge in [0.05, 0.1) is 11.3 Å². The number of aliphatic hydroxyl groups excluding tert-OH is 1. The third kappa shape index (κ3) is 7.63. The van der Waals surface area contributed by atoms with Crippen LogP contribution in [0.25, 0.3) is 32.9 Å². The zero-order valence-electron chi connectivity index (χ0n) is 29.8. The Hall–Kier alpha value is -2.88. The minimum atomic E-state index is -0.157. The number of benzene rings is 2. The topological polar surface area (TPSA) is 63.1 Å². The van der Waals surface area contributed by atoms with E-state index in [1.165, 1.54) is 44.5 Å². The Balaban J connectivity index is 0.000000309. The van der Waals surface area contributed by atoms with E-state index in [9.17, 15) is 9.90 Å². The second kappa shape index (κ2) is 14.9. The molecule has 0 atom stereocenters. The van der Waals surface area contributed by atoms with Gasteiger partial charge in [0.25, 0.3) is 0 Å². The van der Waals surface area contributed by atoms with Crippen LogP contribution >= 0.6 is 0 Å². The average Bonchev–Trinajstić information content (AvgIpc) is 2.96. The van der Waals surface area contributed by atoms with E-state index in [1.54, 1.807) is 0 Å². The second-order valence-corrected chi connectivity index (χ2v) is 14.7. The summed E-state index contributed by atoms with van der Waals surface area (Å²) in [6.45, 7) is 24.0. The maximum atomic E-state index is 11.7. The molecular formula is C41H53IrN2O2-. The first-order valence-electron chi connectivity index (χ1n) is 16.9.